The van der Waals surface area contributed by atoms with E-state index in [-0.39, 0.29) is 22.9 Å². The average molecular weight is 429 g/mol. The molecule has 1 saturated heterocycles. The highest BCUT2D eigenvalue weighted by Gasteiger charge is 2.56. The van der Waals surface area contributed by atoms with Crippen molar-refractivity contribution in [2.45, 2.75) is 62.2 Å². The number of hydrogen-bond donors (Lipinski definition) is 2. The summed E-state index contributed by atoms with van der Waals surface area (Å²) in [6, 6.07) is 8.05. The van der Waals surface area contributed by atoms with Crippen LogP contribution in [-0.4, -0.2) is 39.9 Å². The van der Waals surface area contributed by atoms with Gasteiger partial charge in [0, 0.05) is 23.6 Å². The summed E-state index contributed by atoms with van der Waals surface area (Å²) in [6.07, 6.45) is 9.53. The normalized spacial score (nSPS) is 39.3. The third-order valence-corrected chi connectivity index (χ3v) is 8.58. The number of fused-ring (bicyclic) bond motifs is 1. The number of carbonyl (C=O) groups excluding carboxylic acids is 1. The van der Waals surface area contributed by atoms with E-state index in [1.807, 2.05) is 30.5 Å². The van der Waals surface area contributed by atoms with Crippen LogP contribution < -0.4 is 5.32 Å². The molecule has 2 heterocycles. The van der Waals surface area contributed by atoms with Crippen molar-refractivity contribution in [3.05, 3.63) is 36.0 Å². The van der Waals surface area contributed by atoms with Crippen LogP contribution in [0.25, 0.3) is 10.9 Å². The van der Waals surface area contributed by atoms with Gasteiger partial charge in [0.25, 0.3) is 5.91 Å². The van der Waals surface area contributed by atoms with Gasteiger partial charge in [0.1, 0.15) is 0 Å². The fourth-order valence-corrected chi connectivity index (χ4v) is 7.62. The third-order valence-electron chi connectivity index (χ3n) is 8.16. The second-order valence-corrected chi connectivity index (χ2v) is 10.8. The number of nitrogens with zero attached hydrogens (tertiary/aromatic N) is 1. The molecule has 1 amide bonds. The van der Waals surface area contributed by atoms with Gasteiger partial charge in [-0.2, -0.15) is 0 Å². The first-order valence-electron chi connectivity index (χ1n) is 11.3. The number of nitrogens with one attached hydrogen (secondary N) is 1. The zero-order valence-electron chi connectivity index (χ0n) is 17.1. The van der Waals surface area contributed by atoms with Crippen molar-refractivity contribution in [1.29, 1.82) is 0 Å². The molecule has 5 nitrogen and oxygen atoms in total. The molecule has 30 heavy (non-hydrogen) atoms. The van der Waals surface area contributed by atoms with Crippen LogP contribution in [0.15, 0.2) is 30.5 Å². The molecule has 2 N–H and O–H groups in total. The minimum absolute atomic E-state index is 0.0280. The Morgan fingerprint density at radius 2 is 2.00 bits per heavy atom. The van der Waals surface area contributed by atoms with Gasteiger partial charge >= 0.3 is 0 Å². The van der Waals surface area contributed by atoms with E-state index in [2.05, 4.69) is 9.88 Å². The molecule has 6 heteroatoms. The highest BCUT2D eigenvalue weighted by Crippen LogP contribution is 2.62. The summed E-state index contributed by atoms with van der Waals surface area (Å²) >= 11 is 6.22. The summed E-state index contributed by atoms with van der Waals surface area (Å²) in [5.41, 5.74) is 1.15. The molecule has 4 atom stereocenters. The number of carbonyl (C=O) groups is 1. The predicted molar refractivity (Wildman–Crippen MR) is 116 cm³/mol. The number of benzene rings is 1. The first-order chi connectivity index (χ1) is 14.4. The summed E-state index contributed by atoms with van der Waals surface area (Å²) in [7, 11) is 0. The van der Waals surface area contributed by atoms with Crippen LogP contribution in [0.3, 0.4) is 0 Å². The number of aromatic nitrogens is 1. The van der Waals surface area contributed by atoms with Crippen LogP contribution in [0.4, 0.5) is 0 Å². The SMILES string of the molecule is O=C(NCCC12CC3CC(CC(O)(C3)C1)C2)c1cn(C2COC2Cl)c2ccccc12. The first kappa shape index (κ1) is 19.1. The molecule has 0 radical (unpaired) electrons. The van der Waals surface area contributed by atoms with E-state index in [9.17, 15) is 9.90 Å². The van der Waals surface area contributed by atoms with Crippen LogP contribution in [0.1, 0.15) is 61.3 Å². The molecule has 4 aliphatic carbocycles. The Bertz CT molecular complexity index is 987. The lowest BCUT2D eigenvalue weighted by Crippen LogP contribution is -2.56. The maximum Gasteiger partial charge on any atom is 0.253 e. The number of amides is 1. The van der Waals surface area contributed by atoms with E-state index >= 15 is 0 Å². The molecule has 1 aromatic carbocycles. The van der Waals surface area contributed by atoms with E-state index in [1.165, 1.54) is 19.3 Å². The molecule has 4 saturated carbocycles. The molecule has 1 aliphatic heterocycles. The summed E-state index contributed by atoms with van der Waals surface area (Å²) in [4.78, 5) is 13.1. The molecule has 5 aliphatic rings. The van der Waals surface area contributed by atoms with Crippen molar-refractivity contribution in [2.24, 2.45) is 17.3 Å². The Morgan fingerprint density at radius 1 is 1.23 bits per heavy atom. The lowest BCUT2D eigenvalue weighted by molar-refractivity contribution is -0.165. The standard InChI is InChI=1S/C24H29ClN2O3/c25-21-20(13-30-21)27-12-18(17-3-1-2-4-19(17)27)22(28)26-6-5-23-8-15-7-16(9-23)11-24(29,10-15)14-23/h1-4,12,15-16,20-21,29H,5-11,13-14H2,(H,26,28). The summed E-state index contributed by atoms with van der Waals surface area (Å²) in [5.74, 6) is 1.33. The fraction of sp³-hybridized carbons (Fsp3) is 0.625. The largest absolute Gasteiger partial charge is 0.390 e. The number of halogens is 1. The maximum atomic E-state index is 13.1. The van der Waals surface area contributed by atoms with Gasteiger partial charge in [0.15, 0.2) is 5.56 Å². The first-order valence-corrected chi connectivity index (χ1v) is 11.7. The van der Waals surface area contributed by atoms with Crippen molar-refractivity contribution in [3.8, 4) is 0 Å². The summed E-state index contributed by atoms with van der Waals surface area (Å²) in [5, 5.41) is 15.1. The Hall–Kier alpha value is -1.56. The molecule has 1 aromatic heterocycles. The van der Waals surface area contributed by atoms with Gasteiger partial charge in [0.05, 0.1) is 23.8 Å². The minimum Gasteiger partial charge on any atom is -0.390 e. The Labute approximate surface area is 181 Å². The number of ether oxygens (including phenoxy) is 1. The number of hydrogen-bond acceptors (Lipinski definition) is 3. The molecular formula is C24H29ClN2O3. The lowest BCUT2D eigenvalue weighted by Gasteiger charge is -2.60. The van der Waals surface area contributed by atoms with Gasteiger partial charge in [-0.25, -0.2) is 0 Å². The van der Waals surface area contributed by atoms with Crippen LogP contribution in [-0.2, 0) is 4.74 Å². The number of aliphatic hydroxyl groups is 1. The summed E-state index contributed by atoms with van der Waals surface area (Å²) in [6.45, 7) is 1.24. The van der Waals surface area contributed by atoms with Gasteiger partial charge in [-0.3, -0.25) is 4.79 Å². The third kappa shape index (κ3) is 3.01. The van der Waals surface area contributed by atoms with E-state index < -0.39 is 5.60 Å². The van der Waals surface area contributed by atoms with Crippen molar-refractivity contribution in [3.63, 3.8) is 0 Å². The maximum absolute atomic E-state index is 13.1. The molecule has 5 fully saturated rings. The van der Waals surface area contributed by atoms with E-state index in [1.54, 1.807) is 0 Å². The van der Waals surface area contributed by atoms with Gasteiger partial charge < -0.3 is 19.7 Å². The monoisotopic (exact) mass is 428 g/mol. The fourth-order valence-electron chi connectivity index (χ4n) is 7.35. The summed E-state index contributed by atoms with van der Waals surface area (Å²) < 4.78 is 7.41. The van der Waals surface area contributed by atoms with Gasteiger partial charge in [-0.15, -0.1) is 0 Å². The molecular weight excluding hydrogens is 400 g/mol. The van der Waals surface area contributed by atoms with Crippen LogP contribution >= 0.6 is 11.6 Å². The van der Waals surface area contributed by atoms with Crippen molar-refractivity contribution in [1.82, 2.24) is 9.88 Å². The molecule has 4 bridgehead atoms. The van der Waals surface area contributed by atoms with Crippen LogP contribution in [0.2, 0.25) is 0 Å². The van der Waals surface area contributed by atoms with E-state index in [0.717, 1.165) is 36.6 Å². The smallest absolute Gasteiger partial charge is 0.253 e. The number of alkyl halides is 1. The van der Waals surface area contributed by atoms with Gasteiger partial charge in [0.2, 0.25) is 0 Å². The zero-order valence-corrected chi connectivity index (χ0v) is 17.9. The number of rotatable bonds is 5. The Morgan fingerprint density at radius 3 is 2.67 bits per heavy atom. The second kappa shape index (κ2) is 6.72. The number of para-hydroxylation sites is 1. The van der Waals surface area contributed by atoms with E-state index in [4.69, 9.17) is 16.3 Å². The zero-order chi connectivity index (χ0) is 20.5. The predicted octanol–water partition coefficient (Wildman–Crippen LogP) is 4.23. The minimum atomic E-state index is -0.440. The highest BCUT2D eigenvalue weighted by atomic mass is 35.5. The molecule has 4 unspecified atom stereocenters. The Kier molecular flexibility index (Phi) is 4.29. The average Bonchev–Trinajstić information content (AvgIpc) is 3.04. The van der Waals surface area contributed by atoms with E-state index in [0.29, 0.717) is 30.6 Å². The van der Waals surface area contributed by atoms with Crippen LogP contribution in [0.5, 0.6) is 0 Å². The molecule has 2 aromatic rings. The molecule has 160 valence electrons. The topological polar surface area (TPSA) is 63.5 Å². The van der Waals surface area contributed by atoms with Crippen LogP contribution in [0, 0.1) is 17.3 Å². The van der Waals surface area contributed by atoms with Gasteiger partial charge in [-0.05, 0) is 68.3 Å². The highest BCUT2D eigenvalue weighted by molar-refractivity contribution is 6.20. The van der Waals surface area contributed by atoms with Gasteiger partial charge in [-0.1, -0.05) is 29.8 Å². The Balaban J connectivity index is 1.18. The van der Waals surface area contributed by atoms with Crippen molar-refractivity contribution in [2.75, 3.05) is 13.2 Å². The lowest BCUT2D eigenvalue weighted by atomic mass is 9.47. The quantitative estimate of drug-likeness (QED) is 0.700. The molecule has 0 spiro atoms. The molecule has 7 rings (SSSR count). The second-order valence-electron chi connectivity index (χ2n) is 10.4. The van der Waals surface area contributed by atoms with Crippen molar-refractivity contribution < 1.29 is 14.6 Å². The van der Waals surface area contributed by atoms with Crippen molar-refractivity contribution >= 4 is 28.4 Å².